The predicted molar refractivity (Wildman–Crippen MR) is 66.2 cm³/mol. The summed E-state index contributed by atoms with van der Waals surface area (Å²) < 4.78 is 0. The van der Waals surface area contributed by atoms with Gasteiger partial charge in [-0.2, -0.15) is 11.8 Å². The first kappa shape index (κ1) is 12.8. The van der Waals surface area contributed by atoms with Crippen molar-refractivity contribution in [2.75, 3.05) is 18.6 Å². The Kier molecular flexibility index (Phi) is 5.47. The predicted octanol–water partition coefficient (Wildman–Crippen LogP) is 1.24. The summed E-state index contributed by atoms with van der Waals surface area (Å²) in [7, 11) is 0. The zero-order valence-corrected chi connectivity index (χ0v) is 10.7. The van der Waals surface area contributed by atoms with Gasteiger partial charge in [0.15, 0.2) is 0 Å². The van der Waals surface area contributed by atoms with Crippen molar-refractivity contribution in [2.45, 2.75) is 38.8 Å². The average molecular weight is 230 g/mol. The number of rotatable bonds is 4. The van der Waals surface area contributed by atoms with Gasteiger partial charge >= 0.3 is 0 Å². The van der Waals surface area contributed by atoms with Gasteiger partial charge in [-0.25, -0.2) is 0 Å². The van der Waals surface area contributed by atoms with Crippen LogP contribution in [0.15, 0.2) is 0 Å². The van der Waals surface area contributed by atoms with E-state index in [9.17, 15) is 4.79 Å². The second-order valence-corrected chi connectivity index (χ2v) is 5.35. The largest absolute Gasteiger partial charge is 0.353 e. The standard InChI is InChI=1S/C11H22N2OS/c1-8-6-10(4-5-12-8)11(14)13-9(2)7-15-3/h8-10,12H,4-7H2,1-3H3,(H,13,14). The molecule has 3 nitrogen and oxygen atoms in total. The molecule has 0 saturated carbocycles. The molecule has 3 unspecified atom stereocenters. The molecule has 15 heavy (non-hydrogen) atoms. The molecule has 2 N–H and O–H groups in total. The van der Waals surface area contributed by atoms with Crippen molar-refractivity contribution in [2.24, 2.45) is 5.92 Å². The van der Waals surface area contributed by atoms with Crippen LogP contribution in [0.2, 0.25) is 0 Å². The molecule has 1 amide bonds. The quantitative estimate of drug-likeness (QED) is 0.763. The number of hydrogen-bond acceptors (Lipinski definition) is 3. The van der Waals surface area contributed by atoms with Gasteiger partial charge in [0.2, 0.25) is 5.91 Å². The smallest absolute Gasteiger partial charge is 0.223 e. The maximum atomic E-state index is 11.9. The van der Waals surface area contributed by atoms with E-state index in [4.69, 9.17) is 0 Å². The van der Waals surface area contributed by atoms with Crippen molar-refractivity contribution in [3.8, 4) is 0 Å². The number of thioether (sulfide) groups is 1. The summed E-state index contributed by atoms with van der Waals surface area (Å²) in [6.45, 7) is 5.18. The fraction of sp³-hybridized carbons (Fsp3) is 0.909. The fourth-order valence-corrected chi connectivity index (χ4v) is 2.61. The molecular weight excluding hydrogens is 208 g/mol. The number of nitrogens with one attached hydrogen (secondary N) is 2. The number of amides is 1. The number of carbonyl (C=O) groups is 1. The first-order valence-electron chi connectivity index (χ1n) is 5.66. The van der Waals surface area contributed by atoms with E-state index in [0.29, 0.717) is 6.04 Å². The summed E-state index contributed by atoms with van der Waals surface area (Å²) in [6.07, 6.45) is 4.01. The molecule has 1 fully saturated rings. The highest BCUT2D eigenvalue weighted by Crippen LogP contribution is 2.16. The monoisotopic (exact) mass is 230 g/mol. The molecule has 1 rings (SSSR count). The van der Waals surface area contributed by atoms with Gasteiger partial charge in [0.1, 0.15) is 0 Å². The molecule has 1 aliphatic heterocycles. The van der Waals surface area contributed by atoms with Crippen LogP contribution in [-0.2, 0) is 4.79 Å². The van der Waals surface area contributed by atoms with E-state index in [1.54, 1.807) is 11.8 Å². The van der Waals surface area contributed by atoms with Gasteiger partial charge in [0.05, 0.1) is 0 Å². The van der Waals surface area contributed by atoms with E-state index in [1.165, 1.54) is 0 Å². The molecule has 88 valence electrons. The first-order chi connectivity index (χ1) is 7.13. The van der Waals surface area contributed by atoms with Gasteiger partial charge in [-0.1, -0.05) is 0 Å². The molecule has 0 aliphatic carbocycles. The lowest BCUT2D eigenvalue weighted by molar-refractivity contribution is -0.126. The van der Waals surface area contributed by atoms with Gasteiger partial charge in [0, 0.05) is 23.8 Å². The van der Waals surface area contributed by atoms with Crippen LogP contribution in [0.1, 0.15) is 26.7 Å². The summed E-state index contributed by atoms with van der Waals surface area (Å²) in [6, 6.07) is 0.767. The second-order valence-electron chi connectivity index (χ2n) is 4.44. The molecule has 0 aromatic rings. The van der Waals surface area contributed by atoms with E-state index in [-0.39, 0.29) is 17.9 Å². The molecule has 0 aromatic heterocycles. The lowest BCUT2D eigenvalue weighted by Crippen LogP contribution is -2.45. The molecule has 1 aliphatic rings. The highest BCUT2D eigenvalue weighted by atomic mass is 32.2. The normalized spacial score (nSPS) is 28.5. The van der Waals surface area contributed by atoms with Crippen molar-refractivity contribution in [3.63, 3.8) is 0 Å². The van der Waals surface area contributed by atoms with Crippen LogP contribution in [0.4, 0.5) is 0 Å². The average Bonchev–Trinajstić information content (AvgIpc) is 2.18. The van der Waals surface area contributed by atoms with Crippen LogP contribution in [0.5, 0.6) is 0 Å². The Labute approximate surface area is 96.8 Å². The third kappa shape index (κ3) is 4.43. The van der Waals surface area contributed by atoms with Crippen molar-refractivity contribution in [3.05, 3.63) is 0 Å². The van der Waals surface area contributed by atoms with E-state index in [2.05, 4.69) is 30.7 Å². The Balaban J connectivity index is 2.32. The summed E-state index contributed by atoms with van der Waals surface area (Å²) in [5.74, 6) is 1.45. The van der Waals surface area contributed by atoms with Crippen LogP contribution in [0, 0.1) is 5.92 Å². The van der Waals surface area contributed by atoms with Gasteiger partial charge in [-0.05, 0) is 39.5 Å². The molecule has 1 heterocycles. The summed E-state index contributed by atoms with van der Waals surface area (Å²) in [5, 5.41) is 6.44. The molecule has 0 radical (unpaired) electrons. The highest BCUT2D eigenvalue weighted by Gasteiger charge is 2.25. The molecular formula is C11H22N2OS. The van der Waals surface area contributed by atoms with E-state index in [1.807, 2.05) is 0 Å². The zero-order chi connectivity index (χ0) is 11.3. The molecule has 4 heteroatoms. The van der Waals surface area contributed by atoms with Crippen LogP contribution < -0.4 is 10.6 Å². The number of carbonyl (C=O) groups excluding carboxylic acids is 1. The van der Waals surface area contributed by atoms with Crippen LogP contribution in [0.25, 0.3) is 0 Å². The third-order valence-corrected chi connectivity index (χ3v) is 3.63. The van der Waals surface area contributed by atoms with E-state index < -0.39 is 0 Å². The van der Waals surface area contributed by atoms with Gasteiger partial charge < -0.3 is 10.6 Å². The lowest BCUT2D eigenvalue weighted by Gasteiger charge is -2.28. The molecule has 1 saturated heterocycles. The Morgan fingerprint density at radius 2 is 2.40 bits per heavy atom. The third-order valence-electron chi connectivity index (χ3n) is 2.80. The summed E-state index contributed by atoms with van der Waals surface area (Å²) >= 11 is 1.77. The Morgan fingerprint density at radius 1 is 1.67 bits per heavy atom. The van der Waals surface area contributed by atoms with Gasteiger partial charge in [-0.3, -0.25) is 4.79 Å². The summed E-state index contributed by atoms with van der Waals surface area (Å²) in [4.78, 5) is 11.9. The minimum absolute atomic E-state index is 0.213. The minimum Gasteiger partial charge on any atom is -0.353 e. The van der Waals surface area contributed by atoms with E-state index >= 15 is 0 Å². The van der Waals surface area contributed by atoms with Crippen molar-refractivity contribution in [1.29, 1.82) is 0 Å². The van der Waals surface area contributed by atoms with Crippen LogP contribution in [-0.4, -0.2) is 36.5 Å². The lowest BCUT2D eigenvalue weighted by atomic mass is 9.92. The molecule has 0 bridgehead atoms. The minimum atomic E-state index is 0.213. The topological polar surface area (TPSA) is 41.1 Å². The Morgan fingerprint density at radius 3 is 3.00 bits per heavy atom. The maximum absolute atomic E-state index is 11.9. The Hall–Kier alpha value is -0.220. The van der Waals surface area contributed by atoms with Gasteiger partial charge in [0.25, 0.3) is 0 Å². The molecule has 0 aromatic carbocycles. The van der Waals surface area contributed by atoms with Gasteiger partial charge in [-0.15, -0.1) is 0 Å². The highest BCUT2D eigenvalue weighted by molar-refractivity contribution is 7.98. The summed E-state index contributed by atoms with van der Waals surface area (Å²) in [5.41, 5.74) is 0. The SMILES string of the molecule is CSCC(C)NC(=O)C1CCNC(C)C1. The number of hydrogen-bond donors (Lipinski definition) is 2. The molecule has 0 spiro atoms. The van der Waals surface area contributed by atoms with Crippen molar-refractivity contribution < 1.29 is 4.79 Å². The van der Waals surface area contributed by atoms with E-state index in [0.717, 1.165) is 25.1 Å². The second kappa shape index (κ2) is 6.38. The molecule has 3 atom stereocenters. The maximum Gasteiger partial charge on any atom is 0.223 e. The number of piperidine rings is 1. The van der Waals surface area contributed by atoms with Crippen molar-refractivity contribution in [1.82, 2.24) is 10.6 Å². The Bertz CT molecular complexity index is 211. The fourth-order valence-electron chi connectivity index (χ4n) is 2.02. The van der Waals surface area contributed by atoms with Crippen LogP contribution >= 0.6 is 11.8 Å². The van der Waals surface area contributed by atoms with Crippen molar-refractivity contribution >= 4 is 17.7 Å². The first-order valence-corrected chi connectivity index (χ1v) is 7.05. The van der Waals surface area contributed by atoms with Crippen LogP contribution in [0.3, 0.4) is 0 Å². The zero-order valence-electron chi connectivity index (χ0n) is 9.88.